The van der Waals surface area contributed by atoms with Gasteiger partial charge in [0.05, 0.1) is 28.5 Å². The molecule has 1 aliphatic rings. The van der Waals surface area contributed by atoms with E-state index in [2.05, 4.69) is 17.1 Å². The van der Waals surface area contributed by atoms with Gasteiger partial charge in [-0.3, -0.25) is 4.79 Å². The Labute approximate surface area is 169 Å². The number of nitrogens with zero attached hydrogens (tertiary/aromatic N) is 1. The quantitative estimate of drug-likeness (QED) is 0.681. The molecule has 1 aliphatic heterocycles. The predicted molar refractivity (Wildman–Crippen MR) is 112 cm³/mol. The molecule has 0 saturated carbocycles. The fourth-order valence-electron chi connectivity index (χ4n) is 3.44. The molecule has 0 aromatic heterocycles. The molecule has 5 nitrogen and oxygen atoms in total. The topological polar surface area (TPSA) is 67.6 Å². The first-order chi connectivity index (χ1) is 12.9. The number of piperidine rings is 1. The number of benzene rings is 2. The van der Waals surface area contributed by atoms with Crippen molar-refractivity contribution in [1.29, 1.82) is 0 Å². The van der Waals surface area contributed by atoms with Crippen LogP contribution in [0.5, 0.6) is 5.75 Å². The van der Waals surface area contributed by atoms with Crippen LogP contribution < -0.4 is 20.7 Å². The van der Waals surface area contributed by atoms with Gasteiger partial charge in [0.1, 0.15) is 0 Å². The molecule has 27 heavy (non-hydrogen) atoms. The number of ether oxygens (including phenoxy) is 1. The van der Waals surface area contributed by atoms with Crippen molar-refractivity contribution < 1.29 is 9.53 Å². The number of halogens is 2. The monoisotopic (exact) mass is 407 g/mol. The van der Waals surface area contributed by atoms with Gasteiger partial charge in [-0.1, -0.05) is 23.2 Å². The minimum Gasteiger partial charge on any atom is -0.494 e. The molecular formula is C20H23Cl2N3O2. The number of amides is 1. The minimum atomic E-state index is -0.319. The van der Waals surface area contributed by atoms with Crippen LogP contribution in [0, 0.1) is 0 Å². The van der Waals surface area contributed by atoms with Crippen molar-refractivity contribution in [2.24, 2.45) is 0 Å². The number of methoxy groups -OCH3 is 1. The molecule has 1 amide bonds. The summed E-state index contributed by atoms with van der Waals surface area (Å²) in [4.78, 5) is 14.9. The first-order valence-electron chi connectivity index (χ1n) is 8.91. The Bertz CT molecular complexity index is 834. The van der Waals surface area contributed by atoms with E-state index < -0.39 is 0 Å². The van der Waals surface area contributed by atoms with Gasteiger partial charge in [0.2, 0.25) is 0 Å². The van der Waals surface area contributed by atoms with Crippen LogP contribution in [-0.4, -0.2) is 25.6 Å². The number of rotatable bonds is 4. The summed E-state index contributed by atoms with van der Waals surface area (Å²) in [7, 11) is 1.47. The molecule has 1 saturated heterocycles. The molecule has 1 atom stereocenters. The average molecular weight is 408 g/mol. The van der Waals surface area contributed by atoms with Crippen LogP contribution in [0.3, 0.4) is 0 Å². The predicted octanol–water partition coefficient (Wildman–Crippen LogP) is 5.22. The first-order valence-corrected chi connectivity index (χ1v) is 9.67. The summed E-state index contributed by atoms with van der Waals surface area (Å²) in [6.45, 7) is 3.21. The molecule has 0 radical (unpaired) electrons. The standard InChI is InChI=1S/C20H23Cl2N3O2/c1-12-5-3-4-8-25(12)18-7-6-14(11-17(18)23)24-20(26)13-9-15(21)19(27-2)16(22)10-13/h6-7,9-12H,3-5,8,23H2,1-2H3,(H,24,26). The summed E-state index contributed by atoms with van der Waals surface area (Å²) in [5.74, 6) is 0.0269. The third kappa shape index (κ3) is 4.25. The zero-order valence-electron chi connectivity index (χ0n) is 15.4. The maximum atomic E-state index is 12.5. The van der Waals surface area contributed by atoms with E-state index in [-0.39, 0.29) is 16.0 Å². The van der Waals surface area contributed by atoms with E-state index in [1.165, 1.54) is 32.1 Å². The summed E-state index contributed by atoms with van der Waals surface area (Å²) in [6, 6.07) is 9.11. The number of carbonyl (C=O) groups excluding carboxylic acids is 1. The van der Waals surface area contributed by atoms with Crippen molar-refractivity contribution in [2.45, 2.75) is 32.2 Å². The van der Waals surface area contributed by atoms with Gasteiger partial charge in [0.15, 0.2) is 5.75 Å². The summed E-state index contributed by atoms with van der Waals surface area (Å²) >= 11 is 12.2. The number of nitrogens with two attached hydrogens (primary N) is 1. The number of nitrogens with one attached hydrogen (secondary N) is 1. The van der Waals surface area contributed by atoms with Crippen LogP contribution in [0.4, 0.5) is 17.1 Å². The van der Waals surface area contributed by atoms with Gasteiger partial charge >= 0.3 is 0 Å². The molecule has 144 valence electrons. The summed E-state index contributed by atoms with van der Waals surface area (Å²) in [5.41, 5.74) is 8.88. The molecule has 0 spiro atoms. The number of hydrogen-bond donors (Lipinski definition) is 2. The van der Waals surface area contributed by atoms with Crippen molar-refractivity contribution in [3.05, 3.63) is 45.9 Å². The molecule has 2 aromatic rings. The van der Waals surface area contributed by atoms with Crippen LogP contribution in [0.2, 0.25) is 10.0 Å². The largest absolute Gasteiger partial charge is 0.494 e. The van der Waals surface area contributed by atoms with E-state index in [4.69, 9.17) is 33.7 Å². The highest BCUT2D eigenvalue weighted by Gasteiger charge is 2.21. The Morgan fingerprint density at radius 1 is 1.22 bits per heavy atom. The fourth-order valence-corrected chi connectivity index (χ4v) is 4.08. The molecule has 1 unspecified atom stereocenters. The molecule has 0 aliphatic carbocycles. The van der Waals surface area contributed by atoms with E-state index in [9.17, 15) is 4.79 Å². The van der Waals surface area contributed by atoms with Gasteiger partial charge in [0.25, 0.3) is 5.91 Å². The van der Waals surface area contributed by atoms with Crippen LogP contribution in [0.15, 0.2) is 30.3 Å². The van der Waals surface area contributed by atoms with Gasteiger partial charge in [-0.15, -0.1) is 0 Å². The van der Waals surface area contributed by atoms with Crippen LogP contribution in [0.25, 0.3) is 0 Å². The van der Waals surface area contributed by atoms with Crippen molar-refractivity contribution >= 4 is 46.2 Å². The SMILES string of the molecule is COc1c(Cl)cc(C(=O)Nc2ccc(N3CCCCC3C)c(N)c2)cc1Cl. The second-order valence-corrected chi connectivity index (χ2v) is 7.55. The lowest BCUT2D eigenvalue weighted by molar-refractivity contribution is 0.102. The summed E-state index contributed by atoms with van der Waals surface area (Å²) in [6.07, 6.45) is 3.58. The first kappa shape index (κ1) is 19.6. The molecule has 1 heterocycles. The second kappa shape index (κ2) is 8.28. The van der Waals surface area contributed by atoms with Crippen molar-refractivity contribution in [3.8, 4) is 5.75 Å². The van der Waals surface area contributed by atoms with Crippen molar-refractivity contribution in [1.82, 2.24) is 0 Å². The Kier molecular flexibility index (Phi) is 6.02. The van der Waals surface area contributed by atoms with Gasteiger partial charge in [-0.05, 0) is 56.5 Å². The maximum Gasteiger partial charge on any atom is 0.255 e. The maximum absolute atomic E-state index is 12.5. The fraction of sp³-hybridized carbons (Fsp3) is 0.350. The highest BCUT2D eigenvalue weighted by Crippen LogP contribution is 2.35. The highest BCUT2D eigenvalue weighted by molar-refractivity contribution is 6.37. The lowest BCUT2D eigenvalue weighted by atomic mass is 10.0. The number of carbonyl (C=O) groups is 1. The molecular weight excluding hydrogens is 385 g/mol. The molecule has 3 N–H and O–H groups in total. The van der Waals surface area contributed by atoms with Crippen molar-refractivity contribution in [2.75, 3.05) is 29.6 Å². The summed E-state index contributed by atoms with van der Waals surface area (Å²) in [5, 5.41) is 3.40. The zero-order valence-corrected chi connectivity index (χ0v) is 16.9. The minimum absolute atomic E-state index is 0.282. The second-order valence-electron chi connectivity index (χ2n) is 6.74. The van der Waals surface area contributed by atoms with Gasteiger partial charge in [-0.2, -0.15) is 0 Å². The van der Waals surface area contributed by atoms with Crippen LogP contribution in [-0.2, 0) is 0 Å². The van der Waals surface area contributed by atoms with Gasteiger partial charge < -0.3 is 20.7 Å². The van der Waals surface area contributed by atoms with Crippen LogP contribution >= 0.6 is 23.2 Å². The van der Waals surface area contributed by atoms with E-state index in [0.29, 0.717) is 28.7 Å². The number of anilines is 3. The van der Waals surface area contributed by atoms with E-state index >= 15 is 0 Å². The third-order valence-electron chi connectivity index (χ3n) is 4.86. The Hall–Kier alpha value is -2.11. The molecule has 1 fully saturated rings. The van der Waals surface area contributed by atoms with E-state index in [1.807, 2.05) is 12.1 Å². The molecule has 2 aromatic carbocycles. The van der Waals surface area contributed by atoms with E-state index in [0.717, 1.165) is 18.7 Å². The smallest absolute Gasteiger partial charge is 0.255 e. The van der Waals surface area contributed by atoms with Gasteiger partial charge in [-0.25, -0.2) is 0 Å². The average Bonchev–Trinajstić information content (AvgIpc) is 2.62. The number of nitrogen functional groups attached to an aromatic ring is 1. The van der Waals surface area contributed by atoms with Gasteiger partial charge in [0, 0.05) is 23.8 Å². The third-order valence-corrected chi connectivity index (χ3v) is 5.42. The Morgan fingerprint density at radius 2 is 1.93 bits per heavy atom. The van der Waals surface area contributed by atoms with E-state index in [1.54, 1.807) is 6.07 Å². The van der Waals surface area contributed by atoms with Crippen LogP contribution in [0.1, 0.15) is 36.5 Å². The lowest BCUT2D eigenvalue weighted by Gasteiger charge is -2.36. The molecule has 7 heteroatoms. The lowest BCUT2D eigenvalue weighted by Crippen LogP contribution is -2.37. The molecule has 3 rings (SSSR count). The summed E-state index contributed by atoms with van der Waals surface area (Å²) < 4.78 is 5.11. The normalized spacial score (nSPS) is 16.9. The number of hydrogen-bond acceptors (Lipinski definition) is 4. The van der Waals surface area contributed by atoms with Crippen molar-refractivity contribution in [3.63, 3.8) is 0 Å². The Morgan fingerprint density at radius 3 is 2.52 bits per heavy atom. The Balaban J connectivity index is 1.78. The highest BCUT2D eigenvalue weighted by atomic mass is 35.5. The zero-order chi connectivity index (χ0) is 19.6. The molecule has 0 bridgehead atoms.